The summed E-state index contributed by atoms with van der Waals surface area (Å²) in [6.07, 6.45) is 5.03. The van der Waals surface area contributed by atoms with E-state index < -0.39 is 0 Å². The lowest BCUT2D eigenvalue weighted by atomic mass is 10.1. The third kappa shape index (κ3) is 2.69. The van der Waals surface area contributed by atoms with Crippen molar-refractivity contribution in [2.24, 2.45) is 0 Å². The van der Waals surface area contributed by atoms with E-state index in [1.807, 2.05) is 18.2 Å². The van der Waals surface area contributed by atoms with Gasteiger partial charge in [-0.2, -0.15) is 0 Å². The van der Waals surface area contributed by atoms with E-state index in [1.165, 1.54) is 0 Å². The van der Waals surface area contributed by atoms with Crippen molar-refractivity contribution in [1.29, 1.82) is 0 Å². The fraction of sp³-hybridized carbons (Fsp3) is 0.385. The van der Waals surface area contributed by atoms with E-state index in [-0.39, 0.29) is 0 Å². The van der Waals surface area contributed by atoms with Crippen molar-refractivity contribution in [2.75, 3.05) is 21.3 Å². The molecular weight excluding hydrogens is 204 g/mol. The predicted octanol–water partition coefficient (Wildman–Crippen LogP) is 3.14. The van der Waals surface area contributed by atoms with Gasteiger partial charge in [0.25, 0.3) is 0 Å². The molecule has 88 valence electrons. The van der Waals surface area contributed by atoms with Gasteiger partial charge >= 0.3 is 0 Å². The van der Waals surface area contributed by atoms with Gasteiger partial charge in [0.1, 0.15) is 17.2 Å². The largest absolute Gasteiger partial charge is 0.496 e. The first kappa shape index (κ1) is 12.4. The van der Waals surface area contributed by atoms with E-state index in [0.29, 0.717) is 0 Å². The zero-order valence-electron chi connectivity index (χ0n) is 10.2. The molecule has 0 unspecified atom stereocenters. The Morgan fingerprint density at radius 3 is 1.94 bits per heavy atom. The lowest BCUT2D eigenvalue weighted by molar-refractivity contribution is 0.374. The van der Waals surface area contributed by atoms with Gasteiger partial charge in [0, 0.05) is 12.1 Å². The van der Waals surface area contributed by atoms with Crippen LogP contribution in [0.25, 0.3) is 6.08 Å². The van der Waals surface area contributed by atoms with Gasteiger partial charge in [0.2, 0.25) is 0 Å². The first-order valence-corrected chi connectivity index (χ1v) is 5.23. The Morgan fingerprint density at radius 1 is 1.00 bits per heavy atom. The molecule has 0 aliphatic heterocycles. The fourth-order valence-corrected chi connectivity index (χ4v) is 1.43. The molecule has 16 heavy (non-hydrogen) atoms. The van der Waals surface area contributed by atoms with Gasteiger partial charge in [-0.05, 0) is 6.42 Å². The highest BCUT2D eigenvalue weighted by Crippen LogP contribution is 2.34. The SMILES string of the molecule is CC/C=C/c1c(OC)cc(OC)cc1OC. The predicted molar refractivity (Wildman–Crippen MR) is 65.4 cm³/mol. The molecule has 0 radical (unpaired) electrons. The number of hydrogen-bond acceptors (Lipinski definition) is 3. The highest BCUT2D eigenvalue weighted by Gasteiger charge is 2.10. The van der Waals surface area contributed by atoms with Crippen LogP contribution in [0.2, 0.25) is 0 Å². The van der Waals surface area contributed by atoms with Crippen LogP contribution in [0.3, 0.4) is 0 Å². The van der Waals surface area contributed by atoms with E-state index in [4.69, 9.17) is 14.2 Å². The number of ether oxygens (including phenoxy) is 3. The third-order valence-corrected chi connectivity index (χ3v) is 2.27. The average Bonchev–Trinajstić information content (AvgIpc) is 2.35. The number of allylic oxidation sites excluding steroid dienone is 1. The molecule has 0 fully saturated rings. The van der Waals surface area contributed by atoms with E-state index in [0.717, 1.165) is 29.2 Å². The summed E-state index contributed by atoms with van der Waals surface area (Å²) in [5.74, 6) is 2.23. The molecule has 0 spiro atoms. The maximum absolute atomic E-state index is 5.32. The van der Waals surface area contributed by atoms with Gasteiger partial charge in [-0.3, -0.25) is 0 Å². The number of methoxy groups -OCH3 is 3. The summed E-state index contributed by atoms with van der Waals surface area (Å²) in [7, 11) is 4.89. The molecule has 0 amide bonds. The summed E-state index contributed by atoms with van der Waals surface area (Å²) in [4.78, 5) is 0. The molecule has 0 N–H and O–H groups in total. The molecule has 0 saturated heterocycles. The van der Waals surface area contributed by atoms with Gasteiger partial charge in [0.05, 0.1) is 26.9 Å². The Labute approximate surface area is 96.6 Å². The van der Waals surface area contributed by atoms with E-state index in [2.05, 4.69) is 13.0 Å². The van der Waals surface area contributed by atoms with Crippen molar-refractivity contribution in [2.45, 2.75) is 13.3 Å². The lowest BCUT2D eigenvalue weighted by Gasteiger charge is -2.12. The highest BCUT2D eigenvalue weighted by atomic mass is 16.5. The quantitative estimate of drug-likeness (QED) is 0.766. The van der Waals surface area contributed by atoms with E-state index >= 15 is 0 Å². The molecular formula is C13H18O3. The van der Waals surface area contributed by atoms with E-state index in [1.54, 1.807) is 21.3 Å². The molecule has 0 aromatic heterocycles. The monoisotopic (exact) mass is 222 g/mol. The number of rotatable bonds is 5. The first-order chi connectivity index (χ1) is 7.76. The van der Waals surface area contributed by atoms with Crippen LogP contribution in [0.1, 0.15) is 18.9 Å². The van der Waals surface area contributed by atoms with Crippen LogP contribution in [0, 0.1) is 0 Å². The second kappa shape index (κ2) is 6.05. The highest BCUT2D eigenvalue weighted by molar-refractivity contribution is 5.66. The molecule has 3 nitrogen and oxygen atoms in total. The summed E-state index contributed by atoms with van der Waals surface area (Å²) >= 11 is 0. The number of hydrogen-bond donors (Lipinski definition) is 0. The molecule has 0 saturated carbocycles. The van der Waals surface area contributed by atoms with Crippen LogP contribution in [0.15, 0.2) is 18.2 Å². The smallest absolute Gasteiger partial charge is 0.133 e. The van der Waals surface area contributed by atoms with Crippen molar-refractivity contribution < 1.29 is 14.2 Å². The third-order valence-electron chi connectivity index (χ3n) is 2.27. The van der Waals surface area contributed by atoms with Gasteiger partial charge in [0.15, 0.2) is 0 Å². The minimum atomic E-state index is 0.724. The Kier molecular flexibility index (Phi) is 4.70. The molecule has 1 rings (SSSR count). The molecule has 1 aromatic rings. The second-order valence-corrected chi connectivity index (χ2v) is 3.26. The number of benzene rings is 1. The van der Waals surface area contributed by atoms with Crippen LogP contribution in [-0.4, -0.2) is 21.3 Å². The molecule has 0 heterocycles. The molecule has 0 aliphatic carbocycles. The van der Waals surface area contributed by atoms with Crippen molar-refractivity contribution in [3.63, 3.8) is 0 Å². The van der Waals surface area contributed by atoms with Gasteiger partial charge in [-0.25, -0.2) is 0 Å². The lowest BCUT2D eigenvalue weighted by Crippen LogP contribution is -1.94. The average molecular weight is 222 g/mol. The maximum atomic E-state index is 5.32. The van der Waals surface area contributed by atoms with Crippen LogP contribution < -0.4 is 14.2 Å². The Morgan fingerprint density at radius 2 is 1.56 bits per heavy atom. The van der Waals surface area contributed by atoms with Crippen molar-refractivity contribution in [3.8, 4) is 17.2 Å². The zero-order chi connectivity index (χ0) is 12.0. The van der Waals surface area contributed by atoms with Crippen LogP contribution >= 0.6 is 0 Å². The fourth-order valence-electron chi connectivity index (χ4n) is 1.43. The first-order valence-electron chi connectivity index (χ1n) is 5.23. The van der Waals surface area contributed by atoms with Gasteiger partial charge in [-0.1, -0.05) is 19.1 Å². The molecule has 0 bridgehead atoms. The van der Waals surface area contributed by atoms with E-state index in [9.17, 15) is 0 Å². The van der Waals surface area contributed by atoms with Crippen molar-refractivity contribution in [3.05, 3.63) is 23.8 Å². The van der Waals surface area contributed by atoms with Crippen molar-refractivity contribution in [1.82, 2.24) is 0 Å². The summed E-state index contributed by atoms with van der Waals surface area (Å²) in [5, 5.41) is 0. The topological polar surface area (TPSA) is 27.7 Å². The molecule has 3 heteroatoms. The second-order valence-electron chi connectivity index (χ2n) is 3.26. The summed E-state index contributed by atoms with van der Waals surface area (Å²) in [5.41, 5.74) is 0.938. The normalized spacial score (nSPS) is 10.5. The van der Waals surface area contributed by atoms with Crippen LogP contribution in [-0.2, 0) is 0 Å². The summed E-state index contributed by atoms with van der Waals surface area (Å²) in [6, 6.07) is 3.69. The zero-order valence-corrected chi connectivity index (χ0v) is 10.2. The van der Waals surface area contributed by atoms with Crippen molar-refractivity contribution >= 4 is 6.08 Å². The summed E-state index contributed by atoms with van der Waals surface area (Å²) in [6.45, 7) is 2.08. The summed E-state index contributed by atoms with van der Waals surface area (Å²) < 4.78 is 15.8. The maximum Gasteiger partial charge on any atom is 0.133 e. The Bertz CT molecular complexity index is 344. The molecule has 1 aromatic carbocycles. The minimum Gasteiger partial charge on any atom is -0.496 e. The molecule has 0 aliphatic rings. The standard InChI is InChI=1S/C13H18O3/c1-5-6-7-11-12(15-3)8-10(14-2)9-13(11)16-4/h6-9H,5H2,1-4H3/b7-6+. The van der Waals surface area contributed by atoms with Crippen LogP contribution in [0.5, 0.6) is 17.2 Å². The Balaban J connectivity index is 3.25. The van der Waals surface area contributed by atoms with Gasteiger partial charge < -0.3 is 14.2 Å². The van der Waals surface area contributed by atoms with Crippen LogP contribution in [0.4, 0.5) is 0 Å². The molecule has 0 atom stereocenters. The van der Waals surface area contributed by atoms with Gasteiger partial charge in [-0.15, -0.1) is 0 Å². The Hall–Kier alpha value is -1.64. The minimum absolute atomic E-state index is 0.724.